The first-order valence-electron chi connectivity index (χ1n) is 6.76. The average molecular weight is 317 g/mol. The minimum Gasteiger partial charge on any atom is -0.326 e. The Morgan fingerprint density at radius 2 is 2.15 bits per heavy atom. The van der Waals surface area contributed by atoms with Gasteiger partial charge in [-0.15, -0.1) is 12.4 Å². The molecule has 1 aliphatic rings. The van der Waals surface area contributed by atoms with E-state index in [1.807, 2.05) is 26.0 Å². The fourth-order valence-electron chi connectivity index (χ4n) is 2.78. The molecule has 20 heavy (non-hydrogen) atoms. The molecule has 0 bridgehead atoms. The van der Waals surface area contributed by atoms with E-state index in [2.05, 4.69) is 5.32 Å². The van der Waals surface area contributed by atoms with E-state index in [-0.39, 0.29) is 24.2 Å². The summed E-state index contributed by atoms with van der Waals surface area (Å²) in [6.45, 7) is 3.91. The van der Waals surface area contributed by atoms with Gasteiger partial charge in [0.15, 0.2) is 0 Å². The van der Waals surface area contributed by atoms with Gasteiger partial charge in [0.25, 0.3) is 0 Å². The summed E-state index contributed by atoms with van der Waals surface area (Å²) in [7, 11) is 0. The zero-order valence-corrected chi connectivity index (χ0v) is 13.5. The van der Waals surface area contributed by atoms with E-state index in [9.17, 15) is 4.79 Å². The smallest absolute Gasteiger partial charge is 0.229 e. The van der Waals surface area contributed by atoms with Crippen LogP contribution in [-0.2, 0) is 4.79 Å². The molecule has 0 aromatic heterocycles. The summed E-state index contributed by atoms with van der Waals surface area (Å²) in [6, 6.07) is 5.47. The fraction of sp³-hybridized carbons (Fsp3) is 0.533. The Labute approximate surface area is 131 Å². The topological polar surface area (TPSA) is 55.1 Å². The van der Waals surface area contributed by atoms with E-state index in [1.54, 1.807) is 6.07 Å². The van der Waals surface area contributed by atoms with Gasteiger partial charge in [-0.05, 0) is 50.5 Å². The van der Waals surface area contributed by atoms with Gasteiger partial charge in [-0.2, -0.15) is 0 Å². The standard InChI is InChI=1S/C15H21ClN2O.ClH/c1-10-9-11(16)6-7-13(10)18-14(19)12-5-3-4-8-15(12,2)17;/h6-7,9,12H,3-5,8,17H2,1-2H3,(H,18,19);1H. The van der Waals surface area contributed by atoms with Crippen LogP contribution in [0.25, 0.3) is 0 Å². The number of nitrogens with two attached hydrogens (primary N) is 1. The molecule has 5 heteroatoms. The molecule has 1 aromatic rings. The zero-order valence-electron chi connectivity index (χ0n) is 11.9. The number of carbonyl (C=O) groups excluding carboxylic acids is 1. The van der Waals surface area contributed by atoms with E-state index in [0.717, 1.165) is 36.9 Å². The second kappa shape index (κ2) is 6.79. The summed E-state index contributed by atoms with van der Waals surface area (Å²) < 4.78 is 0. The lowest BCUT2D eigenvalue weighted by Crippen LogP contribution is -2.51. The Morgan fingerprint density at radius 3 is 2.75 bits per heavy atom. The van der Waals surface area contributed by atoms with E-state index in [1.165, 1.54) is 0 Å². The molecule has 1 fully saturated rings. The molecule has 1 amide bonds. The Morgan fingerprint density at radius 1 is 1.45 bits per heavy atom. The van der Waals surface area contributed by atoms with E-state index in [4.69, 9.17) is 17.3 Å². The van der Waals surface area contributed by atoms with Crippen molar-refractivity contribution in [3.8, 4) is 0 Å². The molecule has 112 valence electrons. The fourth-order valence-corrected chi connectivity index (χ4v) is 3.00. The summed E-state index contributed by atoms with van der Waals surface area (Å²) in [5.41, 5.74) is 7.64. The first-order chi connectivity index (χ1) is 8.90. The number of nitrogens with one attached hydrogen (secondary N) is 1. The number of hydrogen-bond donors (Lipinski definition) is 2. The zero-order chi connectivity index (χ0) is 14.0. The van der Waals surface area contributed by atoms with Gasteiger partial charge in [-0.3, -0.25) is 4.79 Å². The molecule has 2 unspecified atom stereocenters. The van der Waals surface area contributed by atoms with E-state index >= 15 is 0 Å². The molecule has 0 aliphatic heterocycles. The van der Waals surface area contributed by atoms with Crippen molar-refractivity contribution in [3.05, 3.63) is 28.8 Å². The molecular weight excluding hydrogens is 295 g/mol. The third-order valence-corrected chi connectivity index (χ3v) is 4.25. The predicted molar refractivity (Wildman–Crippen MR) is 86.6 cm³/mol. The van der Waals surface area contributed by atoms with E-state index in [0.29, 0.717) is 5.02 Å². The van der Waals surface area contributed by atoms with Gasteiger partial charge < -0.3 is 11.1 Å². The number of rotatable bonds is 2. The lowest BCUT2D eigenvalue weighted by atomic mass is 9.74. The van der Waals surface area contributed by atoms with Crippen LogP contribution in [0.1, 0.15) is 38.2 Å². The highest BCUT2D eigenvalue weighted by Gasteiger charge is 2.37. The Balaban J connectivity index is 0.00000200. The monoisotopic (exact) mass is 316 g/mol. The van der Waals surface area contributed by atoms with Gasteiger partial charge >= 0.3 is 0 Å². The molecule has 0 saturated heterocycles. The maximum absolute atomic E-state index is 12.4. The van der Waals surface area contributed by atoms with Gasteiger partial charge in [0.05, 0.1) is 5.92 Å². The molecule has 3 nitrogen and oxygen atoms in total. The van der Waals surface area contributed by atoms with Crippen molar-refractivity contribution < 1.29 is 4.79 Å². The van der Waals surface area contributed by atoms with Crippen LogP contribution in [0.4, 0.5) is 5.69 Å². The second-order valence-corrected chi connectivity index (χ2v) is 6.19. The van der Waals surface area contributed by atoms with Crippen LogP contribution in [0, 0.1) is 12.8 Å². The van der Waals surface area contributed by atoms with E-state index < -0.39 is 5.54 Å². The van der Waals surface area contributed by atoms with Crippen LogP contribution < -0.4 is 11.1 Å². The summed E-state index contributed by atoms with van der Waals surface area (Å²) >= 11 is 5.91. The highest BCUT2D eigenvalue weighted by molar-refractivity contribution is 6.30. The highest BCUT2D eigenvalue weighted by Crippen LogP contribution is 2.32. The normalized spacial score (nSPS) is 25.7. The van der Waals surface area contributed by atoms with Crippen molar-refractivity contribution in [2.75, 3.05) is 5.32 Å². The van der Waals surface area contributed by atoms with Crippen LogP contribution in [0.2, 0.25) is 5.02 Å². The van der Waals surface area contributed by atoms with Gasteiger partial charge in [-0.25, -0.2) is 0 Å². The Hall–Kier alpha value is -0.770. The van der Waals surface area contributed by atoms with Crippen molar-refractivity contribution in [2.24, 2.45) is 11.7 Å². The van der Waals surface area contributed by atoms with Crippen molar-refractivity contribution in [1.29, 1.82) is 0 Å². The van der Waals surface area contributed by atoms with Gasteiger partial charge in [-0.1, -0.05) is 24.4 Å². The predicted octanol–water partition coefficient (Wildman–Crippen LogP) is 3.92. The molecule has 1 saturated carbocycles. The van der Waals surface area contributed by atoms with Crippen LogP contribution in [0.15, 0.2) is 18.2 Å². The Bertz CT molecular complexity index is 489. The van der Waals surface area contributed by atoms with Gasteiger partial charge in [0.1, 0.15) is 0 Å². The second-order valence-electron chi connectivity index (χ2n) is 5.75. The molecule has 3 N–H and O–H groups in total. The van der Waals surface area contributed by atoms with Crippen molar-refractivity contribution in [1.82, 2.24) is 0 Å². The number of benzene rings is 1. The summed E-state index contributed by atoms with van der Waals surface area (Å²) in [6.07, 6.45) is 3.96. The van der Waals surface area contributed by atoms with Crippen molar-refractivity contribution >= 4 is 35.6 Å². The number of carbonyl (C=O) groups is 1. The first-order valence-corrected chi connectivity index (χ1v) is 7.14. The molecule has 0 spiro atoms. The molecule has 2 atom stereocenters. The van der Waals surface area contributed by atoms with Gasteiger partial charge in [0.2, 0.25) is 5.91 Å². The average Bonchev–Trinajstić information content (AvgIpc) is 2.32. The maximum atomic E-state index is 12.4. The summed E-state index contributed by atoms with van der Waals surface area (Å²) in [5, 5.41) is 3.66. The number of halogens is 2. The minimum atomic E-state index is -0.400. The van der Waals surface area contributed by atoms with Gasteiger partial charge in [0, 0.05) is 16.2 Å². The number of amides is 1. The van der Waals surface area contributed by atoms with Crippen LogP contribution >= 0.6 is 24.0 Å². The molecule has 0 heterocycles. The Kier molecular flexibility index (Phi) is 5.87. The van der Waals surface area contributed by atoms with Crippen LogP contribution in [-0.4, -0.2) is 11.4 Å². The summed E-state index contributed by atoms with van der Waals surface area (Å²) in [4.78, 5) is 12.4. The number of hydrogen-bond acceptors (Lipinski definition) is 2. The quantitative estimate of drug-likeness (QED) is 0.869. The third kappa shape index (κ3) is 3.87. The maximum Gasteiger partial charge on any atom is 0.229 e. The number of aryl methyl sites for hydroxylation is 1. The molecule has 1 aromatic carbocycles. The number of anilines is 1. The summed E-state index contributed by atoms with van der Waals surface area (Å²) in [5.74, 6) is -0.0912. The highest BCUT2D eigenvalue weighted by atomic mass is 35.5. The van der Waals surface area contributed by atoms with Crippen LogP contribution in [0.5, 0.6) is 0 Å². The third-order valence-electron chi connectivity index (χ3n) is 4.02. The first kappa shape index (κ1) is 17.3. The molecule has 0 radical (unpaired) electrons. The minimum absolute atomic E-state index is 0. The molecule has 2 rings (SSSR count). The lowest BCUT2D eigenvalue weighted by Gasteiger charge is -2.37. The van der Waals surface area contributed by atoms with Crippen molar-refractivity contribution in [3.63, 3.8) is 0 Å². The SMILES string of the molecule is Cc1cc(Cl)ccc1NC(=O)C1CCCCC1(C)N.Cl. The van der Waals surface area contributed by atoms with Crippen molar-refractivity contribution in [2.45, 2.75) is 45.1 Å². The molecule has 1 aliphatic carbocycles. The largest absolute Gasteiger partial charge is 0.326 e. The van der Waals surface area contributed by atoms with Crippen LogP contribution in [0.3, 0.4) is 0 Å². The molecular formula is C15H22Cl2N2O. The lowest BCUT2D eigenvalue weighted by molar-refractivity contribution is -0.122.